The van der Waals surface area contributed by atoms with Crippen molar-refractivity contribution in [1.29, 1.82) is 5.26 Å². The number of rotatable bonds is 5. The number of hydrogen-bond acceptors (Lipinski definition) is 4. The predicted molar refractivity (Wildman–Crippen MR) is 93.6 cm³/mol. The summed E-state index contributed by atoms with van der Waals surface area (Å²) in [6.45, 7) is -0.289. The van der Waals surface area contributed by atoms with Crippen molar-refractivity contribution >= 4 is 5.91 Å². The van der Waals surface area contributed by atoms with Gasteiger partial charge in [0.05, 0.1) is 18.7 Å². The Labute approximate surface area is 147 Å². The van der Waals surface area contributed by atoms with Crippen molar-refractivity contribution in [2.24, 2.45) is 0 Å². The van der Waals surface area contributed by atoms with Gasteiger partial charge in [-0.25, -0.2) is 0 Å². The third-order valence-corrected chi connectivity index (χ3v) is 4.69. The van der Waals surface area contributed by atoms with Gasteiger partial charge in [0.2, 0.25) is 5.91 Å². The Balaban J connectivity index is 2.00. The predicted octanol–water partition coefficient (Wildman–Crippen LogP) is 2.18. The van der Waals surface area contributed by atoms with Crippen molar-refractivity contribution in [3.63, 3.8) is 0 Å². The number of amides is 1. The molecule has 1 aliphatic heterocycles. The largest absolute Gasteiger partial charge is 0.394 e. The SMILES string of the molecule is COCC(=O)N1[C@H](C#N)[C@@H](c2ccccc2-c2ccccc2)[C@@H]1CO. The summed E-state index contributed by atoms with van der Waals surface area (Å²) in [4.78, 5) is 13.7. The Bertz CT molecular complexity index is 785. The average molecular weight is 336 g/mol. The van der Waals surface area contributed by atoms with E-state index in [-0.39, 0.29) is 25.0 Å². The third kappa shape index (κ3) is 3.02. The van der Waals surface area contributed by atoms with Crippen LogP contribution in [-0.4, -0.2) is 48.3 Å². The van der Waals surface area contributed by atoms with Gasteiger partial charge in [-0.1, -0.05) is 54.6 Å². The van der Waals surface area contributed by atoms with E-state index >= 15 is 0 Å². The molecule has 0 saturated carbocycles. The van der Waals surface area contributed by atoms with Crippen molar-refractivity contribution in [3.8, 4) is 17.2 Å². The molecular formula is C20H20N2O3. The van der Waals surface area contributed by atoms with Crippen LogP contribution in [0.2, 0.25) is 0 Å². The lowest BCUT2D eigenvalue weighted by Crippen LogP contribution is -2.66. The molecule has 1 amide bonds. The molecule has 1 aliphatic rings. The van der Waals surface area contributed by atoms with Crippen LogP contribution >= 0.6 is 0 Å². The van der Waals surface area contributed by atoms with Crippen LogP contribution in [0.25, 0.3) is 11.1 Å². The number of carbonyl (C=O) groups is 1. The van der Waals surface area contributed by atoms with Gasteiger partial charge >= 0.3 is 0 Å². The lowest BCUT2D eigenvalue weighted by atomic mass is 9.73. The van der Waals surface area contributed by atoms with E-state index in [1.165, 1.54) is 12.0 Å². The molecule has 1 saturated heterocycles. The van der Waals surface area contributed by atoms with Gasteiger partial charge in [-0.15, -0.1) is 0 Å². The molecule has 3 rings (SSSR count). The fraction of sp³-hybridized carbons (Fsp3) is 0.300. The van der Waals surface area contributed by atoms with Gasteiger partial charge in [0.15, 0.2) is 0 Å². The zero-order chi connectivity index (χ0) is 17.8. The standard InChI is InChI=1S/C20H20N2O3/c1-25-13-19(24)22-17(11-21)20(18(22)12-23)16-10-6-5-9-15(16)14-7-3-2-4-8-14/h2-10,17-18,20,23H,12-13H2,1H3/t17-,18+,20-/m1/s1. The highest BCUT2D eigenvalue weighted by molar-refractivity contribution is 5.81. The first kappa shape index (κ1) is 17.2. The van der Waals surface area contributed by atoms with E-state index in [0.717, 1.165) is 16.7 Å². The Kier molecular flexibility index (Phi) is 5.13. The van der Waals surface area contributed by atoms with Crippen molar-refractivity contribution < 1.29 is 14.6 Å². The minimum Gasteiger partial charge on any atom is -0.394 e. The number of hydrogen-bond donors (Lipinski definition) is 1. The maximum Gasteiger partial charge on any atom is 0.249 e. The highest BCUT2D eigenvalue weighted by atomic mass is 16.5. The van der Waals surface area contributed by atoms with Crippen molar-refractivity contribution in [2.75, 3.05) is 20.3 Å². The van der Waals surface area contributed by atoms with Gasteiger partial charge in [-0.05, 0) is 16.7 Å². The van der Waals surface area contributed by atoms with Crippen LogP contribution < -0.4 is 0 Å². The highest BCUT2D eigenvalue weighted by Gasteiger charge is 2.52. The Morgan fingerprint density at radius 1 is 1.20 bits per heavy atom. The van der Waals surface area contributed by atoms with Crippen LogP contribution in [0.3, 0.4) is 0 Å². The molecule has 1 N–H and O–H groups in total. The second-order valence-corrected chi connectivity index (χ2v) is 6.04. The van der Waals surface area contributed by atoms with E-state index in [4.69, 9.17) is 4.74 Å². The summed E-state index contributed by atoms with van der Waals surface area (Å²) >= 11 is 0. The summed E-state index contributed by atoms with van der Waals surface area (Å²) in [6, 6.07) is 19.0. The molecule has 0 spiro atoms. The molecular weight excluding hydrogens is 316 g/mol. The zero-order valence-corrected chi connectivity index (χ0v) is 14.0. The first-order chi connectivity index (χ1) is 12.2. The third-order valence-electron chi connectivity index (χ3n) is 4.69. The summed E-state index contributed by atoms with van der Waals surface area (Å²) < 4.78 is 4.90. The zero-order valence-electron chi connectivity index (χ0n) is 14.0. The molecule has 5 heteroatoms. The van der Waals surface area contributed by atoms with Gasteiger partial charge in [-0.2, -0.15) is 5.26 Å². The first-order valence-corrected chi connectivity index (χ1v) is 8.17. The Morgan fingerprint density at radius 3 is 2.52 bits per heavy atom. The molecule has 0 aliphatic carbocycles. The molecule has 0 bridgehead atoms. The monoisotopic (exact) mass is 336 g/mol. The lowest BCUT2D eigenvalue weighted by Gasteiger charge is -2.52. The molecule has 1 fully saturated rings. The van der Waals surface area contributed by atoms with Crippen molar-refractivity contribution in [3.05, 3.63) is 60.2 Å². The number of nitrogens with zero attached hydrogens (tertiary/aromatic N) is 2. The van der Waals surface area contributed by atoms with Gasteiger partial charge in [0.25, 0.3) is 0 Å². The molecule has 2 aromatic rings. The number of nitriles is 1. The molecule has 5 nitrogen and oxygen atoms in total. The van der Waals surface area contributed by atoms with Gasteiger partial charge in [0, 0.05) is 13.0 Å². The van der Waals surface area contributed by atoms with Crippen LogP contribution in [-0.2, 0) is 9.53 Å². The maximum absolute atomic E-state index is 12.2. The van der Waals surface area contributed by atoms with Gasteiger partial charge < -0.3 is 14.7 Å². The smallest absolute Gasteiger partial charge is 0.249 e. The quantitative estimate of drug-likeness (QED) is 0.908. The van der Waals surface area contributed by atoms with Gasteiger partial charge in [0.1, 0.15) is 12.6 Å². The van der Waals surface area contributed by atoms with Crippen molar-refractivity contribution in [1.82, 2.24) is 4.90 Å². The second-order valence-electron chi connectivity index (χ2n) is 6.04. The molecule has 2 aromatic carbocycles. The second kappa shape index (κ2) is 7.47. The summed E-state index contributed by atoms with van der Waals surface area (Å²) in [5.41, 5.74) is 3.04. The normalized spacial score (nSPS) is 22.1. The van der Waals surface area contributed by atoms with Crippen LogP contribution in [0.1, 0.15) is 11.5 Å². The number of carbonyl (C=O) groups excluding carboxylic acids is 1. The molecule has 128 valence electrons. The fourth-order valence-electron chi connectivity index (χ4n) is 3.59. The molecule has 3 atom stereocenters. The minimum absolute atomic E-state index is 0.0955. The van der Waals surface area contributed by atoms with Gasteiger partial charge in [-0.3, -0.25) is 4.79 Å². The fourth-order valence-corrected chi connectivity index (χ4v) is 3.59. The van der Waals surface area contributed by atoms with E-state index in [0.29, 0.717) is 0 Å². The number of aliphatic hydroxyl groups excluding tert-OH is 1. The number of benzene rings is 2. The minimum atomic E-state index is -0.607. The summed E-state index contributed by atoms with van der Waals surface area (Å²) in [5, 5.41) is 19.4. The van der Waals surface area contributed by atoms with E-state index in [1.54, 1.807) is 0 Å². The molecule has 0 radical (unpaired) electrons. The molecule has 1 heterocycles. The molecule has 0 unspecified atom stereocenters. The summed E-state index contributed by atoms with van der Waals surface area (Å²) in [7, 11) is 1.44. The van der Waals surface area contributed by atoms with E-state index < -0.39 is 12.1 Å². The Hall–Kier alpha value is -2.68. The molecule has 0 aromatic heterocycles. The van der Waals surface area contributed by atoms with Crippen LogP contribution in [0, 0.1) is 11.3 Å². The van der Waals surface area contributed by atoms with E-state index in [9.17, 15) is 15.2 Å². The average Bonchev–Trinajstić information content (AvgIpc) is 2.63. The summed E-state index contributed by atoms with van der Waals surface area (Å²) in [6.07, 6.45) is 0. The van der Waals surface area contributed by atoms with E-state index in [2.05, 4.69) is 6.07 Å². The highest BCUT2D eigenvalue weighted by Crippen LogP contribution is 2.43. The number of aliphatic hydroxyl groups is 1. The number of methoxy groups -OCH3 is 1. The van der Waals surface area contributed by atoms with Crippen molar-refractivity contribution in [2.45, 2.75) is 18.0 Å². The van der Waals surface area contributed by atoms with Crippen LogP contribution in [0.4, 0.5) is 0 Å². The summed E-state index contributed by atoms with van der Waals surface area (Å²) in [5.74, 6) is -0.506. The number of ether oxygens (including phenoxy) is 1. The first-order valence-electron chi connectivity index (χ1n) is 8.17. The molecule has 25 heavy (non-hydrogen) atoms. The van der Waals surface area contributed by atoms with Crippen LogP contribution in [0.15, 0.2) is 54.6 Å². The maximum atomic E-state index is 12.2. The number of likely N-dealkylation sites (tertiary alicyclic amines) is 1. The topological polar surface area (TPSA) is 73.6 Å². The van der Waals surface area contributed by atoms with E-state index in [1.807, 2.05) is 54.6 Å². The van der Waals surface area contributed by atoms with Crippen LogP contribution in [0.5, 0.6) is 0 Å². The lowest BCUT2D eigenvalue weighted by molar-refractivity contribution is -0.150. The Morgan fingerprint density at radius 2 is 1.88 bits per heavy atom.